The topological polar surface area (TPSA) is 12.4 Å². The molecule has 1 saturated carbocycles. The summed E-state index contributed by atoms with van der Waals surface area (Å²) < 4.78 is 0. The summed E-state index contributed by atoms with van der Waals surface area (Å²) in [5.41, 5.74) is 1.47. The van der Waals surface area contributed by atoms with E-state index in [9.17, 15) is 0 Å². The van der Waals surface area contributed by atoms with E-state index in [2.05, 4.69) is 57.7 Å². The SMILES string of the molecule is C=CC[C@H](C)CC/C(C)=C/C=C/CC/C=C\[C@@H]1CSC([C@@H]2C[C@@H]2C)=N1. The van der Waals surface area contributed by atoms with Crippen LogP contribution < -0.4 is 0 Å². The minimum Gasteiger partial charge on any atom is -0.274 e. The second kappa shape index (κ2) is 10.9. The summed E-state index contributed by atoms with van der Waals surface area (Å²) in [6, 6.07) is 0.427. The molecular formula is C23H35NS. The average Bonchev–Trinajstić information content (AvgIpc) is 3.13. The first kappa shape index (κ1) is 20.3. The summed E-state index contributed by atoms with van der Waals surface area (Å²) in [5.74, 6) is 3.56. The van der Waals surface area contributed by atoms with Crippen molar-refractivity contribution < 1.29 is 0 Å². The Morgan fingerprint density at radius 2 is 2.12 bits per heavy atom. The van der Waals surface area contributed by atoms with Crippen LogP contribution in [0.4, 0.5) is 0 Å². The Balaban J connectivity index is 1.57. The molecule has 0 unspecified atom stereocenters. The van der Waals surface area contributed by atoms with Crippen LogP contribution in [0.25, 0.3) is 0 Å². The van der Waals surface area contributed by atoms with Crippen LogP contribution in [-0.2, 0) is 0 Å². The number of nitrogens with zero attached hydrogens (tertiary/aromatic N) is 1. The molecule has 1 aliphatic heterocycles. The van der Waals surface area contributed by atoms with Crippen molar-refractivity contribution in [1.82, 2.24) is 0 Å². The molecule has 1 fully saturated rings. The molecular weight excluding hydrogens is 322 g/mol. The highest BCUT2D eigenvalue weighted by atomic mass is 32.2. The van der Waals surface area contributed by atoms with Gasteiger partial charge in [0.05, 0.1) is 11.1 Å². The van der Waals surface area contributed by atoms with Gasteiger partial charge in [0, 0.05) is 11.7 Å². The zero-order chi connectivity index (χ0) is 18.1. The molecule has 0 saturated heterocycles. The van der Waals surface area contributed by atoms with Gasteiger partial charge in [0.25, 0.3) is 0 Å². The van der Waals surface area contributed by atoms with Crippen molar-refractivity contribution in [3.05, 3.63) is 48.6 Å². The van der Waals surface area contributed by atoms with E-state index >= 15 is 0 Å². The standard InChI is InChI=1S/C23H35NS/c1-5-11-18(2)14-15-19(3)12-9-7-6-8-10-13-21-17-25-23(24-21)22-16-20(22)4/h5,7,9-10,12-13,18,20-22H,1,6,8,11,14-17H2,2-4H3/b9-7+,13-10-,19-12+/t18-,20-,21+,22+/m0/s1. The van der Waals surface area contributed by atoms with Crippen LogP contribution in [0.15, 0.2) is 53.6 Å². The fraction of sp³-hybridized carbons (Fsp3) is 0.609. The molecule has 0 N–H and O–H groups in total. The molecule has 2 aliphatic rings. The van der Waals surface area contributed by atoms with Crippen LogP contribution in [0.3, 0.4) is 0 Å². The zero-order valence-electron chi connectivity index (χ0n) is 16.3. The third-order valence-corrected chi connectivity index (χ3v) is 6.31. The van der Waals surface area contributed by atoms with Gasteiger partial charge in [-0.3, -0.25) is 4.99 Å². The minimum absolute atomic E-state index is 0.427. The molecule has 2 heteroatoms. The van der Waals surface area contributed by atoms with Gasteiger partial charge >= 0.3 is 0 Å². The molecule has 0 bridgehead atoms. The fourth-order valence-electron chi connectivity index (χ4n) is 3.11. The van der Waals surface area contributed by atoms with Crippen LogP contribution in [0.5, 0.6) is 0 Å². The largest absolute Gasteiger partial charge is 0.274 e. The van der Waals surface area contributed by atoms with E-state index in [0.29, 0.717) is 6.04 Å². The molecule has 138 valence electrons. The molecule has 0 amide bonds. The molecule has 0 aromatic rings. The average molecular weight is 358 g/mol. The van der Waals surface area contributed by atoms with E-state index in [-0.39, 0.29) is 0 Å². The van der Waals surface area contributed by atoms with Crippen LogP contribution in [-0.4, -0.2) is 16.8 Å². The zero-order valence-corrected chi connectivity index (χ0v) is 17.1. The summed E-state index contributed by atoms with van der Waals surface area (Å²) in [6.45, 7) is 10.7. The highest BCUT2D eigenvalue weighted by Gasteiger charge is 2.39. The number of unbranched alkanes of at least 4 members (excludes halogenated alkanes) is 1. The molecule has 4 atom stereocenters. The maximum atomic E-state index is 4.86. The molecule has 1 nitrogen and oxygen atoms in total. The van der Waals surface area contributed by atoms with Crippen molar-refractivity contribution in [2.24, 2.45) is 22.7 Å². The second-order valence-electron chi connectivity index (χ2n) is 7.78. The summed E-state index contributed by atoms with van der Waals surface area (Å²) >= 11 is 1.98. The van der Waals surface area contributed by atoms with E-state index < -0.39 is 0 Å². The lowest BCUT2D eigenvalue weighted by atomic mass is 9.99. The molecule has 25 heavy (non-hydrogen) atoms. The number of hydrogen-bond acceptors (Lipinski definition) is 2. The molecule has 0 aromatic heterocycles. The lowest BCUT2D eigenvalue weighted by molar-refractivity contribution is 0.539. The minimum atomic E-state index is 0.427. The van der Waals surface area contributed by atoms with Gasteiger partial charge in [-0.25, -0.2) is 0 Å². The molecule has 1 heterocycles. The number of hydrogen-bond donors (Lipinski definition) is 0. The first-order valence-corrected chi connectivity index (χ1v) is 10.9. The Morgan fingerprint density at radius 1 is 1.36 bits per heavy atom. The van der Waals surface area contributed by atoms with Gasteiger partial charge in [0.15, 0.2) is 0 Å². The third-order valence-electron chi connectivity index (χ3n) is 5.10. The Morgan fingerprint density at radius 3 is 2.84 bits per heavy atom. The van der Waals surface area contributed by atoms with Gasteiger partial charge in [-0.15, -0.1) is 18.3 Å². The number of thioether (sulfide) groups is 1. The van der Waals surface area contributed by atoms with Crippen LogP contribution in [0.1, 0.15) is 59.3 Å². The van der Waals surface area contributed by atoms with Gasteiger partial charge < -0.3 is 0 Å². The van der Waals surface area contributed by atoms with Crippen molar-refractivity contribution in [3.8, 4) is 0 Å². The summed E-state index contributed by atoms with van der Waals surface area (Å²) in [6.07, 6.45) is 20.6. The Labute approximate surface area is 159 Å². The monoisotopic (exact) mass is 357 g/mol. The van der Waals surface area contributed by atoms with E-state index in [1.54, 1.807) is 0 Å². The lowest BCUT2D eigenvalue weighted by Gasteiger charge is -2.07. The second-order valence-corrected chi connectivity index (χ2v) is 8.82. The quantitative estimate of drug-likeness (QED) is 0.220. The maximum Gasteiger partial charge on any atom is 0.0783 e. The predicted octanol–water partition coefficient (Wildman–Crippen LogP) is 6.99. The Bertz CT molecular complexity index is 540. The highest BCUT2D eigenvalue weighted by Crippen LogP contribution is 2.44. The summed E-state index contributed by atoms with van der Waals surface area (Å²) in [5, 5.41) is 1.42. The van der Waals surface area contributed by atoms with E-state index in [4.69, 9.17) is 4.99 Å². The molecule has 0 spiro atoms. The summed E-state index contributed by atoms with van der Waals surface area (Å²) in [4.78, 5) is 4.86. The number of rotatable bonds is 11. The van der Waals surface area contributed by atoms with E-state index in [1.165, 1.54) is 29.9 Å². The predicted molar refractivity (Wildman–Crippen MR) is 115 cm³/mol. The number of allylic oxidation sites excluding steroid dienone is 6. The summed E-state index contributed by atoms with van der Waals surface area (Å²) in [7, 11) is 0. The van der Waals surface area contributed by atoms with Gasteiger partial charge in [-0.1, -0.05) is 55.9 Å². The van der Waals surface area contributed by atoms with Crippen molar-refractivity contribution in [2.75, 3.05) is 5.75 Å². The smallest absolute Gasteiger partial charge is 0.0783 e. The highest BCUT2D eigenvalue weighted by molar-refractivity contribution is 8.14. The first-order valence-electron chi connectivity index (χ1n) is 9.90. The Kier molecular flexibility index (Phi) is 8.81. The van der Waals surface area contributed by atoms with Crippen LogP contribution in [0.2, 0.25) is 0 Å². The van der Waals surface area contributed by atoms with Gasteiger partial charge in [-0.2, -0.15) is 0 Å². The van der Waals surface area contributed by atoms with Crippen molar-refractivity contribution in [3.63, 3.8) is 0 Å². The van der Waals surface area contributed by atoms with Crippen LogP contribution in [0, 0.1) is 17.8 Å². The van der Waals surface area contributed by atoms with Crippen molar-refractivity contribution in [1.29, 1.82) is 0 Å². The third kappa shape index (κ3) is 7.81. The number of aliphatic imine (C=N–C) groups is 1. The maximum absolute atomic E-state index is 4.86. The van der Waals surface area contributed by atoms with E-state index in [1.807, 2.05) is 17.8 Å². The van der Waals surface area contributed by atoms with Crippen LogP contribution >= 0.6 is 11.8 Å². The lowest BCUT2D eigenvalue weighted by Crippen LogP contribution is -1.97. The van der Waals surface area contributed by atoms with Gasteiger partial charge in [-0.05, 0) is 57.3 Å². The molecule has 1 aliphatic carbocycles. The normalized spacial score (nSPS) is 27.9. The fourth-order valence-corrected chi connectivity index (χ4v) is 4.39. The van der Waals surface area contributed by atoms with E-state index in [0.717, 1.165) is 42.8 Å². The van der Waals surface area contributed by atoms with Crippen molar-refractivity contribution >= 4 is 16.8 Å². The Hall–Kier alpha value is -1.02. The molecule has 0 aromatic carbocycles. The molecule has 2 rings (SSSR count). The van der Waals surface area contributed by atoms with Gasteiger partial charge in [0.2, 0.25) is 0 Å². The van der Waals surface area contributed by atoms with Crippen molar-refractivity contribution in [2.45, 2.75) is 65.3 Å². The first-order chi connectivity index (χ1) is 12.1. The molecule has 0 radical (unpaired) electrons. The van der Waals surface area contributed by atoms with Gasteiger partial charge in [0.1, 0.15) is 0 Å².